The molecule has 29 aromatic rings. The van der Waals surface area contributed by atoms with E-state index in [1.165, 1.54) is 240 Å². The highest BCUT2D eigenvalue weighted by molar-refractivity contribution is 7.26. The Morgan fingerprint density at radius 3 is 0.971 bits per heavy atom. The van der Waals surface area contributed by atoms with Gasteiger partial charge in [-0.05, 0) is 260 Å². The van der Waals surface area contributed by atoms with Crippen LogP contribution in [-0.4, -0.2) is 27.4 Å². The minimum Gasteiger partial charge on any atom is -0.309 e. The minimum atomic E-state index is 0.166. The van der Waals surface area contributed by atoms with E-state index in [0.717, 1.165) is 16.7 Å². The average Bonchev–Trinajstić information content (AvgIpc) is 1.58. The second-order valence-electron chi connectivity index (χ2n) is 36.8. The van der Waals surface area contributed by atoms with Gasteiger partial charge in [-0.3, -0.25) is 0 Å². The van der Waals surface area contributed by atoms with Crippen LogP contribution in [0.3, 0.4) is 0 Å². The van der Waals surface area contributed by atoms with Gasteiger partial charge in [0.2, 0.25) is 0 Å². The van der Waals surface area contributed by atoms with E-state index in [-0.39, 0.29) is 5.92 Å². The van der Waals surface area contributed by atoms with Crippen LogP contribution in [0.4, 0.5) is 5.69 Å². The number of fused-ring (bicyclic) bond motifs is 25. The summed E-state index contributed by atoms with van der Waals surface area (Å²) in [5.74, 6) is 0.166. The fourth-order valence-corrected chi connectivity index (χ4v) is 24.2. The predicted molar refractivity (Wildman–Crippen MR) is 591 cm³/mol. The third-order valence-corrected chi connectivity index (χ3v) is 30.4. The zero-order valence-corrected chi connectivity index (χ0v) is 76.8. The third kappa shape index (κ3) is 12.8. The first kappa shape index (κ1) is 80.1. The number of para-hydroxylation sites is 9. The van der Waals surface area contributed by atoms with Crippen molar-refractivity contribution in [1.29, 1.82) is 0 Å². The molecule has 22 aromatic carbocycles. The van der Waals surface area contributed by atoms with Gasteiger partial charge in [0, 0.05) is 114 Å². The van der Waals surface area contributed by atoms with Crippen molar-refractivity contribution in [1.82, 2.24) is 27.4 Å². The Bertz CT molecular complexity index is 10200. The Hall–Kier alpha value is -18.4. The molecule has 30 rings (SSSR count). The standard InChI is InChI=1S/C49H32N2.C43H25N3S.C40H26N2/c1-3-13-35(14-4-1)50-45-21-11-9-18-38(45)43-30-33(24-27-47(43)50)32-23-26-41-42(29-32)37-17-7-8-20-40(37)49(41)34-25-28-48-44(31-34)39-19-10-12-22-46(39)51(48)36-15-5-2-6-16-36;1-44-29-19-21-30(22-20-29)45-37-13-5-2-9-31(37)35-25-27(17-23-39(35)45)28-18-24-40-36(26-28)32-10-3-6-14-38(32)46(40)41-15-8-12-34-33-11-4-7-16-42(33)47-43(34)41;1-2-12-31(13-3-1)41-37-16-8-6-14-33(37)35-25-29(19-22-39(35)41)30-20-23-40-36(26-30)34-15-7-9-17-38(34)42(40)32-21-18-27-10-4-5-11-28(27)24-32/h1-31,49H;2-26H;1-26H. The second-order valence-corrected chi connectivity index (χ2v) is 37.8. The summed E-state index contributed by atoms with van der Waals surface area (Å²) in [6.45, 7) is 7.37. The molecule has 0 amide bonds. The van der Waals surface area contributed by atoms with Crippen molar-refractivity contribution in [2.45, 2.75) is 5.92 Å². The molecule has 0 saturated heterocycles. The fourth-order valence-electron chi connectivity index (χ4n) is 23.0. The zero-order valence-electron chi connectivity index (χ0n) is 76.0. The van der Waals surface area contributed by atoms with Gasteiger partial charge in [0.1, 0.15) is 0 Å². The number of nitrogens with zero attached hydrogens (tertiary/aromatic N) is 7. The maximum absolute atomic E-state index is 7.37. The molecule has 0 fully saturated rings. The summed E-state index contributed by atoms with van der Waals surface area (Å²) in [5, 5.41) is 20.2. The maximum atomic E-state index is 7.37. The van der Waals surface area contributed by atoms with E-state index in [1.807, 2.05) is 35.6 Å². The number of aromatic nitrogens is 6. The molecule has 7 nitrogen and oxygen atoms in total. The molecule has 1 aliphatic rings. The van der Waals surface area contributed by atoms with E-state index < -0.39 is 0 Å². The van der Waals surface area contributed by atoms with Gasteiger partial charge in [0.05, 0.1) is 83.2 Å². The third-order valence-electron chi connectivity index (χ3n) is 29.2. The number of benzene rings is 22. The Balaban J connectivity index is 0.000000104. The lowest BCUT2D eigenvalue weighted by Gasteiger charge is -2.16. The molecule has 7 aromatic heterocycles. The fraction of sp³-hybridized carbons (Fsp3) is 0.00758. The van der Waals surface area contributed by atoms with E-state index in [0.29, 0.717) is 5.69 Å². The quantitative estimate of drug-likeness (QED) is 0.122. The van der Waals surface area contributed by atoms with Gasteiger partial charge < -0.3 is 27.4 Å². The van der Waals surface area contributed by atoms with E-state index >= 15 is 0 Å². The molecule has 1 aliphatic carbocycles. The van der Waals surface area contributed by atoms with Gasteiger partial charge in [-0.25, -0.2) is 4.85 Å². The Morgan fingerprint density at radius 2 is 0.514 bits per heavy atom. The minimum absolute atomic E-state index is 0.166. The molecule has 0 N–H and O–H groups in total. The zero-order chi connectivity index (χ0) is 92.2. The Morgan fingerprint density at radius 1 is 0.193 bits per heavy atom. The molecule has 1 atom stereocenters. The number of hydrogen-bond acceptors (Lipinski definition) is 1. The maximum Gasteiger partial charge on any atom is 0.187 e. The van der Waals surface area contributed by atoms with Crippen LogP contribution < -0.4 is 0 Å². The lowest BCUT2D eigenvalue weighted by Crippen LogP contribution is -1.99. The normalized spacial score (nSPS) is 12.5. The summed E-state index contributed by atoms with van der Waals surface area (Å²) in [6, 6.07) is 181. The molecule has 0 aliphatic heterocycles. The van der Waals surface area contributed by atoms with Crippen molar-refractivity contribution < 1.29 is 0 Å². The molecule has 140 heavy (non-hydrogen) atoms. The van der Waals surface area contributed by atoms with Gasteiger partial charge in [0.25, 0.3) is 0 Å². The number of hydrogen-bond donors (Lipinski definition) is 0. The average molecular weight is 1800 g/mol. The van der Waals surface area contributed by atoms with E-state index in [1.54, 1.807) is 0 Å². The first-order chi connectivity index (χ1) is 69.4. The Kier molecular flexibility index (Phi) is 18.6. The monoisotopic (exact) mass is 1800 g/mol. The van der Waals surface area contributed by atoms with E-state index in [4.69, 9.17) is 6.57 Å². The van der Waals surface area contributed by atoms with Gasteiger partial charge >= 0.3 is 0 Å². The second kappa shape index (κ2) is 32.4. The van der Waals surface area contributed by atoms with Gasteiger partial charge in [0.15, 0.2) is 5.69 Å². The van der Waals surface area contributed by atoms with Crippen molar-refractivity contribution in [2.75, 3.05) is 0 Å². The van der Waals surface area contributed by atoms with Crippen LogP contribution in [0.1, 0.15) is 22.6 Å². The predicted octanol–water partition coefficient (Wildman–Crippen LogP) is 35.9. The summed E-state index contributed by atoms with van der Waals surface area (Å²) < 4.78 is 16.9. The summed E-state index contributed by atoms with van der Waals surface area (Å²) >= 11 is 1.87. The van der Waals surface area contributed by atoms with Crippen molar-refractivity contribution in [3.05, 3.63) is 526 Å². The highest BCUT2D eigenvalue weighted by Crippen LogP contribution is 2.52. The molecular weight excluding hydrogens is 1720 g/mol. The van der Waals surface area contributed by atoms with Crippen LogP contribution >= 0.6 is 11.3 Å². The molecule has 1 unspecified atom stereocenters. The van der Waals surface area contributed by atoms with Crippen LogP contribution in [0, 0.1) is 6.57 Å². The number of rotatable bonds is 10. The molecular formula is C132H83N7S. The van der Waals surface area contributed by atoms with Crippen LogP contribution in [0.2, 0.25) is 0 Å². The van der Waals surface area contributed by atoms with Crippen LogP contribution in [-0.2, 0) is 0 Å². The molecule has 0 radical (unpaired) electrons. The van der Waals surface area contributed by atoms with Crippen LogP contribution in [0.15, 0.2) is 497 Å². The van der Waals surface area contributed by atoms with E-state index in [2.05, 4.69) is 505 Å². The van der Waals surface area contributed by atoms with E-state index in [9.17, 15) is 0 Å². The van der Waals surface area contributed by atoms with Gasteiger partial charge in [-0.15, -0.1) is 11.3 Å². The van der Waals surface area contributed by atoms with Crippen molar-refractivity contribution >= 4 is 179 Å². The van der Waals surface area contributed by atoms with Crippen molar-refractivity contribution in [3.63, 3.8) is 0 Å². The SMILES string of the molecule is [C-]#[N+]c1ccc(-n2c3ccccc3c3cc(-c4ccc5c(c4)c4ccccc4n5-c4cccc5c4sc4ccccc45)ccc32)cc1.c1ccc(-n2c3ccccc3c3cc(-c4ccc5c(c4)-c4ccccc4C5c4ccc5c(c4)c4ccccc4n5-c4ccccc4)ccc32)cc1.c1ccc(-n2c3ccccc3c3cc(-c4ccc5c(c4)c4ccccc4n5-c4ccc5ccccc5c4)ccc32)cc1. The topological polar surface area (TPSA) is 33.9 Å². The van der Waals surface area contributed by atoms with Crippen molar-refractivity contribution in [3.8, 4) is 78.6 Å². The summed E-state index contributed by atoms with van der Waals surface area (Å²) in [4.78, 5) is 3.58. The highest BCUT2D eigenvalue weighted by Gasteiger charge is 2.32. The van der Waals surface area contributed by atoms with Gasteiger partial charge in [-0.1, -0.05) is 309 Å². The first-order valence-corrected chi connectivity index (χ1v) is 48.7. The highest BCUT2D eigenvalue weighted by atomic mass is 32.1. The molecule has 652 valence electrons. The number of thiophene rings is 1. The lowest BCUT2D eigenvalue weighted by molar-refractivity contribution is 1.02. The largest absolute Gasteiger partial charge is 0.309 e. The first-order valence-electron chi connectivity index (χ1n) is 47.9. The summed E-state index contributed by atoms with van der Waals surface area (Å²) in [7, 11) is 0. The lowest BCUT2D eigenvalue weighted by atomic mass is 9.88. The molecule has 7 heterocycles. The van der Waals surface area contributed by atoms with Crippen LogP contribution in [0.25, 0.3) is 245 Å². The molecule has 8 heteroatoms. The van der Waals surface area contributed by atoms with Gasteiger partial charge in [-0.2, -0.15) is 0 Å². The van der Waals surface area contributed by atoms with Crippen molar-refractivity contribution in [2.24, 2.45) is 0 Å². The molecule has 0 bridgehead atoms. The molecule has 0 saturated carbocycles. The molecule has 0 spiro atoms. The summed E-state index contributed by atoms with van der Waals surface area (Å²) in [6.07, 6.45) is 0. The van der Waals surface area contributed by atoms with Crippen LogP contribution in [0.5, 0.6) is 0 Å². The Labute approximate surface area is 810 Å². The smallest absolute Gasteiger partial charge is 0.187 e. The summed E-state index contributed by atoms with van der Waals surface area (Å²) in [5.41, 5.74) is 36.2.